The van der Waals surface area contributed by atoms with Crippen LogP contribution in [0.4, 0.5) is 5.69 Å². The highest BCUT2D eigenvalue weighted by Gasteiger charge is 2.19. The number of rotatable bonds is 7. The molecule has 0 radical (unpaired) electrons. The topological polar surface area (TPSA) is 59.5 Å². The van der Waals surface area contributed by atoms with E-state index in [2.05, 4.69) is 27.8 Å². The minimum absolute atomic E-state index is 0.133. The molecule has 1 aromatic heterocycles. The molecule has 25 heavy (non-hydrogen) atoms. The molecule has 1 saturated heterocycles. The maximum absolute atomic E-state index is 11.4. The highest BCUT2D eigenvalue weighted by molar-refractivity contribution is 7.79. The molecule has 3 rings (SSSR count). The molecule has 1 aliphatic heterocycles. The van der Waals surface area contributed by atoms with Crippen molar-refractivity contribution in [2.24, 2.45) is 0 Å². The van der Waals surface area contributed by atoms with E-state index in [-0.39, 0.29) is 5.03 Å². The van der Waals surface area contributed by atoms with Gasteiger partial charge in [-0.15, -0.1) is 0 Å². The number of hydrogen-bond donors (Lipinski definition) is 0. The Morgan fingerprint density at radius 3 is 2.60 bits per heavy atom. The number of fused-ring (bicyclic) bond motifs is 1. The Morgan fingerprint density at radius 2 is 1.88 bits per heavy atom. The first kappa shape index (κ1) is 18.3. The zero-order valence-electron chi connectivity index (χ0n) is 14.8. The van der Waals surface area contributed by atoms with Crippen LogP contribution in [0.5, 0.6) is 0 Å². The Hall–Kier alpha value is -1.50. The minimum Gasteiger partial charge on any atom is -0.767 e. The summed E-state index contributed by atoms with van der Waals surface area (Å²) in [6, 6.07) is 7.75. The van der Waals surface area contributed by atoms with Crippen LogP contribution in [0.25, 0.3) is 10.8 Å². The van der Waals surface area contributed by atoms with Gasteiger partial charge in [-0.05, 0) is 36.2 Å². The number of nitrogens with zero attached hydrogens (tertiary/aromatic N) is 3. The lowest BCUT2D eigenvalue weighted by Gasteiger charge is -2.36. The van der Waals surface area contributed by atoms with Crippen LogP contribution in [0.1, 0.15) is 32.6 Å². The normalized spacial score (nSPS) is 17.1. The van der Waals surface area contributed by atoms with E-state index in [1.807, 2.05) is 18.2 Å². The van der Waals surface area contributed by atoms with Gasteiger partial charge in [0.05, 0.1) is 0 Å². The molecule has 1 fully saturated rings. The molecule has 0 N–H and O–H groups in total. The highest BCUT2D eigenvalue weighted by Crippen LogP contribution is 2.29. The van der Waals surface area contributed by atoms with E-state index in [9.17, 15) is 8.76 Å². The fraction of sp³-hybridized carbons (Fsp3) is 0.526. The summed E-state index contributed by atoms with van der Waals surface area (Å²) in [5.41, 5.74) is 1.11. The summed E-state index contributed by atoms with van der Waals surface area (Å²) in [6.07, 6.45) is 6.79. The molecule has 0 bridgehead atoms. The summed E-state index contributed by atoms with van der Waals surface area (Å²) >= 11 is -2.32. The van der Waals surface area contributed by atoms with Crippen LogP contribution in [0.2, 0.25) is 0 Å². The summed E-state index contributed by atoms with van der Waals surface area (Å²) < 4.78 is 22.8. The molecule has 0 aliphatic carbocycles. The van der Waals surface area contributed by atoms with Gasteiger partial charge in [-0.25, -0.2) is 4.98 Å². The first-order chi connectivity index (χ1) is 12.2. The van der Waals surface area contributed by atoms with Gasteiger partial charge in [0.1, 0.15) is 5.03 Å². The van der Waals surface area contributed by atoms with Crippen molar-refractivity contribution >= 4 is 27.5 Å². The number of benzene rings is 1. The van der Waals surface area contributed by atoms with Gasteiger partial charge in [-0.1, -0.05) is 38.3 Å². The van der Waals surface area contributed by atoms with Gasteiger partial charge in [-0.3, -0.25) is 9.11 Å². The summed E-state index contributed by atoms with van der Waals surface area (Å²) in [5, 5.41) is 1.80. The summed E-state index contributed by atoms with van der Waals surface area (Å²) in [7, 11) is 0. The zero-order chi connectivity index (χ0) is 17.6. The Morgan fingerprint density at radius 1 is 1.08 bits per heavy atom. The Balaban J connectivity index is 1.69. The van der Waals surface area contributed by atoms with E-state index in [1.54, 1.807) is 6.20 Å². The third-order valence-electron chi connectivity index (χ3n) is 4.95. The van der Waals surface area contributed by atoms with Crippen LogP contribution in [-0.2, 0) is 11.1 Å². The molecule has 6 heteroatoms. The van der Waals surface area contributed by atoms with Crippen LogP contribution in [-0.4, -0.2) is 51.4 Å². The molecule has 1 aromatic carbocycles. The van der Waals surface area contributed by atoms with Crippen LogP contribution in [0, 0.1) is 0 Å². The monoisotopic (exact) mass is 360 g/mol. The third kappa shape index (κ3) is 4.37. The van der Waals surface area contributed by atoms with E-state index in [1.165, 1.54) is 32.2 Å². The molecular formula is C19H26N3O2S-. The van der Waals surface area contributed by atoms with Gasteiger partial charge in [0.2, 0.25) is 0 Å². The van der Waals surface area contributed by atoms with Crippen molar-refractivity contribution in [3.05, 3.63) is 30.5 Å². The molecular weight excluding hydrogens is 334 g/mol. The van der Waals surface area contributed by atoms with Crippen molar-refractivity contribution in [1.82, 2.24) is 9.88 Å². The lowest BCUT2D eigenvalue weighted by molar-refractivity contribution is 0.252. The van der Waals surface area contributed by atoms with Crippen LogP contribution in [0.3, 0.4) is 0 Å². The third-order valence-corrected chi connectivity index (χ3v) is 5.59. The largest absolute Gasteiger partial charge is 0.767 e. The van der Waals surface area contributed by atoms with Crippen molar-refractivity contribution in [3.63, 3.8) is 0 Å². The van der Waals surface area contributed by atoms with Crippen molar-refractivity contribution in [2.45, 2.75) is 37.6 Å². The molecule has 136 valence electrons. The molecule has 0 spiro atoms. The van der Waals surface area contributed by atoms with Gasteiger partial charge in [0, 0.05) is 48.8 Å². The number of aromatic nitrogens is 1. The molecule has 2 aromatic rings. The second-order valence-electron chi connectivity index (χ2n) is 6.61. The maximum atomic E-state index is 11.4. The van der Waals surface area contributed by atoms with Crippen molar-refractivity contribution in [2.75, 3.05) is 37.6 Å². The SMILES string of the molecule is CCCCCCN1CCN(c2cccc3c(S(=O)[O-])nccc23)CC1. The average molecular weight is 361 g/mol. The minimum atomic E-state index is -2.32. The predicted octanol–water partition coefficient (Wildman–Crippen LogP) is 3.18. The standard InChI is InChI=1S/C19H27N3O2S/c1-2-3-4-5-11-21-12-14-22(15-13-21)18-8-6-7-17-16(18)9-10-20-19(17)25(23)24/h6-10H,2-5,11-15H2,1H3,(H,23,24)/p-1. The number of piperazine rings is 1. The Bertz CT molecular complexity index is 730. The summed E-state index contributed by atoms with van der Waals surface area (Å²) in [4.78, 5) is 8.92. The van der Waals surface area contributed by atoms with Crippen molar-refractivity contribution in [1.29, 1.82) is 0 Å². The average Bonchev–Trinajstić information content (AvgIpc) is 2.65. The molecule has 1 atom stereocenters. The molecule has 0 amide bonds. The molecule has 0 saturated carbocycles. The van der Waals surface area contributed by atoms with Crippen LogP contribution in [0.15, 0.2) is 35.5 Å². The Labute approximate surface area is 152 Å². The quantitative estimate of drug-likeness (QED) is 0.561. The van der Waals surface area contributed by atoms with E-state index in [0.29, 0.717) is 5.39 Å². The van der Waals surface area contributed by atoms with Gasteiger partial charge in [0.15, 0.2) is 0 Å². The maximum Gasteiger partial charge on any atom is 0.121 e. The number of unbranched alkanes of at least 4 members (excludes halogenated alkanes) is 3. The number of anilines is 1. The predicted molar refractivity (Wildman–Crippen MR) is 102 cm³/mol. The Kier molecular flexibility index (Phi) is 6.39. The van der Waals surface area contributed by atoms with E-state index >= 15 is 0 Å². The number of pyridine rings is 1. The fourth-order valence-corrected chi connectivity index (χ4v) is 4.05. The van der Waals surface area contributed by atoms with E-state index in [0.717, 1.165) is 37.3 Å². The van der Waals surface area contributed by atoms with Gasteiger partial charge >= 0.3 is 0 Å². The first-order valence-corrected chi connectivity index (χ1v) is 10.2. The summed E-state index contributed by atoms with van der Waals surface area (Å²) in [6.45, 7) is 7.51. The fourth-order valence-electron chi connectivity index (χ4n) is 3.55. The second kappa shape index (κ2) is 8.74. The molecule has 5 nitrogen and oxygen atoms in total. The van der Waals surface area contributed by atoms with E-state index in [4.69, 9.17) is 0 Å². The lowest BCUT2D eigenvalue weighted by atomic mass is 10.1. The van der Waals surface area contributed by atoms with Crippen molar-refractivity contribution in [3.8, 4) is 0 Å². The van der Waals surface area contributed by atoms with Gasteiger partial charge in [0.25, 0.3) is 0 Å². The zero-order valence-corrected chi connectivity index (χ0v) is 15.6. The smallest absolute Gasteiger partial charge is 0.121 e. The lowest BCUT2D eigenvalue weighted by Crippen LogP contribution is -2.46. The van der Waals surface area contributed by atoms with Crippen molar-refractivity contribution < 1.29 is 8.76 Å². The molecule has 2 heterocycles. The summed E-state index contributed by atoms with van der Waals surface area (Å²) in [5.74, 6) is 0. The van der Waals surface area contributed by atoms with Crippen LogP contribution >= 0.6 is 0 Å². The first-order valence-electron chi connectivity index (χ1n) is 9.15. The highest BCUT2D eigenvalue weighted by atomic mass is 32.2. The molecule has 1 aliphatic rings. The van der Waals surface area contributed by atoms with Crippen LogP contribution < -0.4 is 4.90 Å². The number of hydrogen-bond acceptors (Lipinski definition) is 5. The van der Waals surface area contributed by atoms with Gasteiger partial charge < -0.3 is 9.45 Å². The molecule has 1 unspecified atom stereocenters. The van der Waals surface area contributed by atoms with E-state index < -0.39 is 11.1 Å². The second-order valence-corrected chi connectivity index (χ2v) is 7.47. The van der Waals surface area contributed by atoms with Gasteiger partial charge in [-0.2, -0.15) is 0 Å².